The molecule has 0 saturated heterocycles. The van der Waals surface area contributed by atoms with Gasteiger partial charge in [0.05, 0.1) is 0 Å². The molecule has 1 heterocycles. The van der Waals surface area contributed by atoms with Gasteiger partial charge in [0.15, 0.2) is 17.6 Å². The van der Waals surface area contributed by atoms with Gasteiger partial charge in [0.2, 0.25) is 6.79 Å². The fourth-order valence-corrected chi connectivity index (χ4v) is 2.16. The fraction of sp³-hybridized carbons (Fsp3) is 0.111. The van der Waals surface area contributed by atoms with E-state index in [9.17, 15) is 9.90 Å². The maximum atomic E-state index is 11.8. The summed E-state index contributed by atoms with van der Waals surface area (Å²) in [7, 11) is 0. The Balaban J connectivity index is 1.52. The SMILES string of the molecule is O=C(N/N=C\C=C\c1ccc2c(c1)OCO2)[C@@H](O)c1ccccc1. The topological polar surface area (TPSA) is 80.2 Å². The third-order valence-electron chi connectivity index (χ3n) is 3.38. The van der Waals surface area contributed by atoms with E-state index in [0.29, 0.717) is 11.3 Å². The lowest BCUT2D eigenvalue weighted by atomic mass is 10.1. The van der Waals surface area contributed by atoms with Crippen LogP contribution in [0, 0.1) is 0 Å². The van der Waals surface area contributed by atoms with E-state index in [-0.39, 0.29) is 6.79 Å². The molecule has 2 N–H and O–H groups in total. The molecular weight excluding hydrogens is 308 g/mol. The van der Waals surface area contributed by atoms with E-state index < -0.39 is 12.0 Å². The Morgan fingerprint density at radius 2 is 1.96 bits per heavy atom. The smallest absolute Gasteiger partial charge is 0.273 e. The first-order valence-electron chi connectivity index (χ1n) is 7.36. The van der Waals surface area contributed by atoms with E-state index in [4.69, 9.17) is 9.47 Å². The van der Waals surface area contributed by atoms with Crippen LogP contribution in [-0.2, 0) is 4.79 Å². The number of aliphatic hydroxyl groups excluding tert-OH is 1. The number of hydrogen-bond donors (Lipinski definition) is 2. The number of nitrogens with zero attached hydrogens (tertiary/aromatic N) is 1. The van der Waals surface area contributed by atoms with Crippen molar-refractivity contribution in [2.24, 2.45) is 5.10 Å². The van der Waals surface area contributed by atoms with E-state index in [1.807, 2.05) is 30.3 Å². The van der Waals surface area contributed by atoms with Crippen molar-refractivity contribution < 1.29 is 19.4 Å². The lowest BCUT2D eigenvalue weighted by molar-refractivity contribution is -0.129. The summed E-state index contributed by atoms with van der Waals surface area (Å²) in [5.41, 5.74) is 3.73. The quantitative estimate of drug-likeness (QED) is 0.653. The van der Waals surface area contributed by atoms with Crippen molar-refractivity contribution in [3.63, 3.8) is 0 Å². The third-order valence-corrected chi connectivity index (χ3v) is 3.38. The molecule has 1 amide bonds. The average molecular weight is 324 g/mol. The zero-order valence-electron chi connectivity index (χ0n) is 12.8. The minimum absolute atomic E-state index is 0.236. The monoisotopic (exact) mass is 324 g/mol. The first kappa shape index (κ1) is 15.8. The Labute approximate surface area is 139 Å². The van der Waals surface area contributed by atoms with Crippen molar-refractivity contribution in [1.82, 2.24) is 5.43 Å². The summed E-state index contributed by atoms with van der Waals surface area (Å²) in [6.07, 6.45) is 3.67. The molecule has 3 rings (SSSR count). The number of benzene rings is 2. The molecule has 2 aromatic rings. The second kappa shape index (κ2) is 7.43. The minimum atomic E-state index is -1.25. The van der Waals surface area contributed by atoms with Crippen molar-refractivity contribution in [3.05, 3.63) is 65.7 Å². The second-order valence-electron chi connectivity index (χ2n) is 5.04. The predicted octanol–water partition coefficient (Wildman–Crippen LogP) is 2.26. The van der Waals surface area contributed by atoms with Gasteiger partial charge < -0.3 is 14.6 Å². The number of rotatable bonds is 5. The summed E-state index contributed by atoms with van der Waals surface area (Å²) in [5, 5.41) is 13.7. The predicted molar refractivity (Wildman–Crippen MR) is 89.6 cm³/mol. The molecule has 0 fully saturated rings. The largest absolute Gasteiger partial charge is 0.454 e. The van der Waals surface area contributed by atoms with Gasteiger partial charge in [-0.1, -0.05) is 42.5 Å². The zero-order chi connectivity index (χ0) is 16.8. The second-order valence-corrected chi connectivity index (χ2v) is 5.04. The Morgan fingerprint density at radius 1 is 1.17 bits per heavy atom. The van der Waals surface area contributed by atoms with E-state index >= 15 is 0 Å². The molecule has 1 aliphatic heterocycles. The van der Waals surface area contributed by atoms with Crippen molar-refractivity contribution in [1.29, 1.82) is 0 Å². The van der Waals surface area contributed by atoms with E-state index in [0.717, 1.165) is 11.3 Å². The van der Waals surface area contributed by atoms with Crippen LogP contribution < -0.4 is 14.9 Å². The highest BCUT2D eigenvalue weighted by atomic mass is 16.7. The number of fused-ring (bicyclic) bond motifs is 1. The molecule has 6 heteroatoms. The number of ether oxygens (including phenoxy) is 2. The Morgan fingerprint density at radius 3 is 2.79 bits per heavy atom. The molecule has 0 spiro atoms. The average Bonchev–Trinajstić information content (AvgIpc) is 3.09. The van der Waals surface area contributed by atoms with Gasteiger partial charge in [-0.25, -0.2) is 5.43 Å². The molecule has 0 aromatic heterocycles. The number of aliphatic hydroxyl groups is 1. The number of amides is 1. The van der Waals surface area contributed by atoms with Gasteiger partial charge in [0, 0.05) is 6.21 Å². The number of hydrazone groups is 1. The van der Waals surface area contributed by atoms with Gasteiger partial charge >= 0.3 is 0 Å². The van der Waals surface area contributed by atoms with Gasteiger partial charge in [-0.05, 0) is 29.3 Å². The number of carbonyl (C=O) groups excluding carboxylic acids is 1. The van der Waals surface area contributed by atoms with Crippen LogP contribution in [0.15, 0.2) is 59.7 Å². The number of hydrogen-bond acceptors (Lipinski definition) is 5. The van der Waals surface area contributed by atoms with Crippen LogP contribution in [0.1, 0.15) is 17.2 Å². The molecule has 1 atom stereocenters. The molecule has 0 radical (unpaired) electrons. The van der Waals surface area contributed by atoms with Crippen LogP contribution in [0.25, 0.3) is 6.08 Å². The Bertz CT molecular complexity index is 772. The molecule has 0 saturated carbocycles. The zero-order valence-corrected chi connectivity index (χ0v) is 12.8. The molecule has 0 unspecified atom stereocenters. The molecule has 122 valence electrons. The van der Waals surface area contributed by atoms with Gasteiger partial charge in [-0.3, -0.25) is 4.79 Å². The number of allylic oxidation sites excluding steroid dienone is 1. The molecule has 0 bridgehead atoms. The number of nitrogens with one attached hydrogen (secondary N) is 1. The minimum Gasteiger partial charge on any atom is -0.454 e. The summed E-state index contributed by atoms with van der Waals surface area (Å²) in [6.45, 7) is 0.236. The summed E-state index contributed by atoms with van der Waals surface area (Å²) in [6, 6.07) is 14.2. The summed E-state index contributed by atoms with van der Waals surface area (Å²) in [4.78, 5) is 11.8. The first-order chi connectivity index (χ1) is 11.7. The van der Waals surface area contributed by atoms with Crippen LogP contribution in [0.5, 0.6) is 11.5 Å². The molecule has 24 heavy (non-hydrogen) atoms. The van der Waals surface area contributed by atoms with Crippen molar-refractivity contribution >= 4 is 18.2 Å². The lowest BCUT2D eigenvalue weighted by Gasteiger charge is -2.08. The molecule has 1 aliphatic rings. The maximum absolute atomic E-state index is 11.8. The highest BCUT2D eigenvalue weighted by molar-refractivity contribution is 5.84. The van der Waals surface area contributed by atoms with Crippen LogP contribution >= 0.6 is 0 Å². The summed E-state index contributed by atoms with van der Waals surface area (Å²) in [5.74, 6) is 0.838. The van der Waals surface area contributed by atoms with Crippen molar-refractivity contribution in [2.45, 2.75) is 6.10 Å². The van der Waals surface area contributed by atoms with Gasteiger partial charge in [-0.15, -0.1) is 0 Å². The van der Waals surface area contributed by atoms with Crippen molar-refractivity contribution in [2.75, 3.05) is 6.79 Å². The first-order valence-corrected chi connectivity index (χ1v) is 7.36. The van der Waals surface area contributed by atoms with Crippen LogP contribution in [0.2, 0.25) is 0 Å². The van der Waals surface area contributed by atoms with Crippen LogP contribution in [0.3, 0.4) is 0 Å². The highest BCUT2D eigenvalue weighted by Gasteiger charge is 2.15. The fourth-order valence-electron chi connectivity index (χ4n) is 2.16. The molecule has 0 aliphatic carbocycles. The molecule has 6 nitrogen and oxygen atoms in total. The van der Waals surface area contributed by atoms with Crippen LogP contribution in [-0.4, -0.2) is 24.0 Å². The Hall–Kier alpha value is -3.12. The highest BCUT2D eigenvalue weighted by Crippen LogP contribution is 2.32. The van der Waals surface area contributed by atoms with E-state index in [1.165, 1.54) is 6.21 Å². The van der Waals surface area contributed by atoms with Crippen molar-refractivity contribution in [3.8, 4) is 11.5 Å². The van der Waals surface area contributed by atoms with Gasteiger partial charge in [-0.2, -0.15) is 5.10 Å². The number of carbonyl (C=O) groups is 1. The van der Waals surface area contributed by atoms with Gasteiger partial charge in [0.25, 0.3) is 5.91 Å². The summed E-state index contributed by atoms with van der Waals surface area (Å²) < 4.78 is 10.5. The molecular formula is C18H16N2O4. The van der Waals surface area contributed by atoms with Crippen LogP contribution in [0.4, 0.5) is 0 Å². The third kappa shape index (κ3) is 3.80. The van der Waals surface area contributed by atoms with E-state index in [2.05, 4.69) is 10.5 Å². The normalized spacial score (nSPS) is 14.2. The summed E-state index contributed by atoms with van der Waals surface area (Å²) >= 11 is 0. The van der Waals surface area contributed by atoms with Gasteiger partial charge in [0.1, 0.15) is 0 Å². The standard InChI is InChI=1S/C18H16N2O4/c21-17(14-6-2-1-3-7-14)18(22)20-19-10-4-5-13-8-9-15-16(11-13)24-12-23-15/h1-11,17,21H,12H2,(H,20,22)/b5-4+,19-10-/t17-/m0/s1. The van der Waals surface area contributed by atoms with E-state index in [1.54, 1.807) is 30.3 Å². The molecule has 2 aromatic carbocycles. The Kier molecular flexibility index (Phi) is 4.88. The lowest BCUT2D eigenvalue weighted by Crippen LogP contribution is -2.24. The maximum Gasteiger partial charge on any atom is 0.273 e.